The van der Waals surface area contributed by atoms with Crippen LogP contribution >= 0.6 is 11.8 Å². The molecule has 3 nitrogen and oxygen atoms in total. The van der Waals surface area contributed by atoms with Gasteiger partial charge in [-0.2, -0.15) is 11.8 Å². The van der Waals surface area contributed by atoms with E-state index in [1.54, 1.807) is 0 Å². The molecule has 0 unspecified atom stereocenters. The molecule has 0 bridgehead atoms. The molecule has 0 radical (unpaired) electrons. The number of hydrogen-bond donors (Lipinski definition) is 1. The second-order valence-corrected chi connectivity index (χ2v) is 8.14. The molecule has 0 aromatic carbocycles. The summed E-state index contributed by atoms with van der Waals surface area (Å²) in [5, 5.41) is 3.26. The van der Waals surface area contributed by atoms with Crippen molar-refractivity contribution in [3.63, 3.8) is 0 Å². The summed E-state index contributed by atoms with van der Waals surface area (Å²) in [4.78, 5) is 14.1. The molecule has 0 atom stereocenters. The Kier molecular flexibility index (Phi) is 4.90. The Morgan fingerprint density at radius 3 is 2.59 bits per heavy atom. The molecule has 1 rings (SSSR count). The van der Waals surface area contributed by atoms with E-state index in [9.17, 15) is 4.79 Å². The topological polar surface area (TPSA) is 32.3 Å². The second kappa shape index (κ2) is 5.61. The number of carbonyl (C=O) groups is 1. The van der Waals surface area contributed by atoms with Gasteiger partial charge in [0.05, 0.1) is 6.54 Å². The van der Waals surface area contributed by atoms with E-state index in [1.165, 1.54) is 0 Å². The van der Waals surface area contributed by atoms with Crippen molar-refractivity contribution in [2.24, 2.45) is 0 Å². The molecule has 1 aliphatic heterocycles. The largest absolute Gasteiger partial charge is 0.341 e. The Bertz CT molecular complexity index is 271. The SMILES string of the molecule is CC(C)(C)NCC(=O)N1CCSC(C)(C)CC1. The summed E-state index contributed by atoms with van der Waals surface area (Å²) >= 11 is 1.97. The number of nitrogens with zero attached hydrogens (tertiary/aromatic N) is 1. The second-order valence-electron chi connectivity index (χ2n) is 6.34. The summed E-state index contributed by atoms with van der Waals surface area (Å²) in [6, 6.07) is 0. The third kappa shape index (κ3) is 5.77. The van der Waals surface area contributed by atoms with E-state index in [-0.39, 0.29) is 11.4 Å². The molecule has 1 N–H and O–H groups in total. The van der Waals surface area contributed by atoms with E-state index in [1.807, 2.05) is 16.7 Å². The molecule has 0 saturated carbocycles. The van der Waals surface area contributed by atoms with Crippen molar-refractivity contribution in [3.8, 4) is 0 Å². The summed E-state index contributed by atoms with van der Waals surface area (Å²) in [5.74, 6) is 1.28. The van der Waals surface area contributed by atoms with Crippen LogP contribution in [0.2, 0.25) is 0 Å². The molecule has 1 aliphatic rings. The van der Waals surface area contributed by atoms with E-state index in [4.69, 9.17) is 0 Å². The van der Waals surface area contributed by atoms with E-state index in [2.05, 4.69) is 39.9 Å². The zero-order valence-electron chi connectivity index (χ0n) is 11.8. The average Bonchev–Trinajstić information content (AvgIpc) is 2.35. The van der Waals surface area contributed by atoms with Crippen molar-refractivity contribution < 1.29 is 4.79 Å². The van der Waals surface area contributed by atoms with Gasteiger partial charge in [0.15, 0.2) is 0 Å². The summed E-state index contributed by atoms with van der Waals surface area (Å²) in [6.45, 7) is 13.0. The molecule has 0 aromatic heterocycles. The van der Waals surface area contributed by atoms with Gasteiger partial charge in [-0.05, 0) is 27.2 Å². The Morgan fingerprint density at radius 1 is 1.35 bits per heavy atom. The fraction of sp³-hybridized carbons (Fsp3) is 0.923. The first kappa shape index (κ1) is 14.8. The van der Waals surface area contributed by atoms with Crippen LogP contribution in [-0.2, 0) is 4.79 Å². The smallest absolute Gasteiger partial charge is 0.236 e. The highest BCUT2D eigenvalue weighted by Crippen LogP contribution is 2.30. The quantitative estimate of drug-likeness (QED) is 0.823. The minimum atomic E-state index is 0.00945. The molecule has 1 heterocycles. The highest BCUT2D eigenvalue weighted by Gasteiger charge is 2.26. The molecule has 1 saturated heterocycles. The first-order valence-electron chi connectivity index (χ1n) is 6.36. The van der Waals surface area contributed by atoms with Gasteiger partial charge >= 0.3 is 0 Å². The summed E-state index contributed by atoms with van der Waals surface area (Å²) in [6.07, 6.45) is 1.08. The zero-order valence-corrected chi connectivity index (χ0v) is 12.6. The van der Waals surface area contributed by atoms with Crippen molar-refractivity contribution in [2.75, 3.05) is 25.4 Å². The highest BCUT2D eigenvalue weighted by molar-refractivity contribution is 8.00. The number of thioether (sulfide) groups is 1. The molecule has 17 heavy (non-hydrogen) atoms. The van der Waals surface area contributed by atoms with Gasteiger partial charge in [-0.25, -0.2) is 0 Å². The van der Waals surface area contributed by atoms with Crippen molar-refractivity contribution in [1.29, 1.82) is 0 Å². The molecule has 0 aromatic rings. The molecule has 0 aliphatic carbocycles. The Labute approximate surface area is 110 Å². The van der Waals surface area contributed by atoms with Crippen molar-refractivity contribution in [1.82, 2.24) is 10.2 Å². The average molecular weight is 258 g/mol. The lowest BCUT2D eigenvalue weighted by atomic mass is 10.1. The third-order valence-corrected chi connectivity index (χ3v) is 4.33. The number of rotatable bonds is 2. The molecular weight excluding hydrogens is 232 g/mol. The van der Waals surface area contributed by atoms with Crippen molar-refractivity contribution in [2.45, 2.75) is 51.3 Å². The Balaban J connectivity index is 2.42. The fourth-order valence-electron chi connectivity index (χ4n) is 1.72. The fourth-order valence-corrected chi connectivity index (χ4v) is 2.82. The molecule has 0 spiro atoms. The molecule has 100 valence electrons. The van der Waals surface area contributed by atoms with Crippen LogP contribution in [0.4, 0.5) is 0 Å². The molecule has 1 amide bonds. The van der Waals surface area contributed by atoms with Gasteiger partial charge in [0, 0.05) is 29.1 Å². The number of nitrogens with one attached hydrogen (secondary N) is 1. The maximum absolute atomic E-state index is 12.1. The van der Waals surface area contributed by atoms with E-state index < -0.39 is 0 Å². The van der Waals surface area contributed by atoms with Crippen LogP contribution in [0.25, 0.3) is 0 Å². The monoisotopic (exact) mass is 258 g/mol. The maximum atomic E-state index is 12.1. The van der Waals surface area contributed by atoms with Gasteiger partial charge in [0.25, 0.3) is 0 Å². The van der Waals surface area contributed by atoms with Gasteiger partial charge < -0.3 is 10.2 Å². The Morgan fingerprint density at radius 2 is 2.00 bits per heavy atom. The zero-order chi connectivity index (χ0) is 13.1. The van der Waals surface area contributed by atoms with E-state index >= 15 is 0 Å². The maximum Gasteiger partial charge on any atom is 0.236 e. The van der Waals surface area contributed by atoms with Crippen molar-refractivity contribution in [3.05, 3.63) is 0 Å². The minimum Gasteiger partial charge on any atom is -0.341 e. The molecule has 4 heteroatoms. The van der Waals surface area contributed by atoms with Crippen LogP contribution in [-0.4, -0.2) is 46.5 Å². The van der Waals surface area contributed by atoms with Gasteiger partial charge in [-0.3, -0.25) is 4.79 Å². The number of hydrogen-bond acceptors (Lipinski definition) is 3. The number of carbonyl (C=O) groups excluding carboxylic acids is 1. The lowest BCUT2D eigenvalue weighted by molar-refractivity contribution is -0.130. The standard InChI is InChI=1S/C13H26N2OS/c1-12(2,3)14-10-11(16)15-7-6-13(4,5)17-9-8-15/h14H,6-10H2,1-5H3. The van der Waals surface area contributed by atoms with Gasteiger partial charge in [-0.15, -0.1) is 0 Å². The van der Waals surface area contributed by atoms with Crippen LogP contribution < -0.4 is 5.32 Å². The summed E-state index contributed by atoms with van der Waals surface area (Å²) < 4.78 is 0.312. The number of amides is 1. The minimum absolute atomic E-state index is 0.00945. The van der Waals surface area contributed by atoms with Gasteiger partial charge in [0.2, 0.25) is 5.91 Å². The van der Waals surface area contributed by atoms with Crippen LogP contribution in [0.3, 0.4) is 0 Å². The third-order valence-electron chi connectivity index (χ3n) is 2.96. The van der Waals surface area contributed by atoms with E-state index in [0.29, 0.717) is 11.3 Å². The lowest BCUT2D eigenvalue weighted by Gasteiger charge is -2.25. The normalized spacial score (nSPS) is 21.1. The molecule has 1 fully saturated rings. The first-order valence-corrected chi connectivity index (χ1v) is 7.35. The predicted octanol–water partition coefficient (Wildman–Crippen LogP) is 2.12. The van der Waals surface area contributed by atoms with Gasteiger partial charge in [-0.1, -0.05) is 13.8 Å². The van der Waals surface area contributed by atoms with Crippen LogP contribution in [0.5, 0.6) is 0 Å². The predicted molar refractivity (Wildman–Crippen MR) is 75.5 cm³/mol. The highest BCUT2D eigenvalue weighted by atomic mass is 32.2. The first-order chi connectivity index (χ1) is 7.70. The van der Waals surface area contributed by atoms with Crippen molar-refractivity contribution >= 4 is 17.7 Å². The van der Waals surface area contributed by atoms with Gasteiger partial charge in [0.1, 0.15) is 0 Å². The summed E-state index contributed by atoms with van der Waals surface area (Å²) in [7, 11) is 0. The molecular formula is C13H26N2OS. The van der Waals surface area contributed by atoms with Crippen LogP contribution in [0.15, 0.2) is 0 Å². The van der Waals surface area contributed by atoms with E-state index in [0.717, 1.165) is 25.3 Å². The lowest BCUT2D eigenvalue weighted by Crippen LogP contribution is -2.45. The van der Waals surface area contributed by atoms with Crippen LogP contribution in [0, 0.1) is 0 Å². The Hall–Kier alpha value is -0.220. The van der Waals surface area contributed by atoms with Crippen LogP contribution in [0.1, 0.15) is 41.0 Å². The summed E-state index contributed by atoms with van der Waals surface area (Å²) in [5.41, 5.74) is 0.00945.